The van der Waals surface area contributed by atoms with Crippen LogP contribution in [0.2, 0.25) is 0 Å². The van der Waals surface area contributed by atoms with E-state index < -0.39 is 17.7 Å². The van der Waals surface area contributed by atoms with Gasteiger partial charge >= 0.3 is 0 Å². The number of aryl methyl sites for hydroxylation is 2. The number of ketones is 1. The fourth-order valence-electron chi connectivity index (χ4n) is 4.12. The highest BCUT2D eigenvalue weighted by Gasteiger charge is 2.47. The van der Waals surface area contributed by atoms with Crippen molar-refractivity contribution in [2.24, 2.45) is 0 Å². The number of Topliss-reactive ketones (excluding diaryl/α,β-unsaturated/α-hetero) is 1. The van der Waals surface area contributed by atoms with E-state index in [1.54, 1.807) is 19.2 Å². The highest BCUT2D eigenvalue weighted by atomic mass is 16.5. The standard InChI is InChI=1S/C24H24N2O4/c1-14-8-10-16(11-9-14)22(27)20-21(26(12-13-30-3)24(29)23(20)28)19-15(2)25-18-7-5-4-6-17(18)19/h4-11,21,25,27H,12-13H2,1-3H3/b22-20+. The molecule has 0 saturated carbocycles. The summed E-state index contributed by atoms with van der Waals surface area (Å²) in [5.41, 5.74) is 4.23. The van der Waals surface area contributed by atoms with Crippen LogP contribution < -0.4 is 0 Å². The minimum atomic E-state index is -0.697. The average molecular weight is 404 g/mol. The predicted octanol–water partition coefficient (Wildman–Crippen LogP) is 3.85. The van der Waals surface area contributed by atoms with Gasteiger partial charge in [-0.25, -0.2) is 0 Å². The van der Waals surface area contributed by atoms with Crippen LogP contribution in [0.1, 0.15) is 28.4 Å². The molecule has 1 saturated heterocycles. The number of aromatic amines is 1. The number of aliphatic hydroxyl groups excluding tert-OH is 1. The van der Waals surface area contributed by atoms with Gasteiger partial charge in [0.2, 0.25) is 0 Å². The Kier molecular flexibility index (Phi) is 5.18. The van der Waals surface area contributed by atoms with Gasteiger partial charge in [0.1, 0.15) is 5.76 Å². The summed E-state index contributed by atoms with van der Waals surface area (Å²) in [6, 6.07) is 14.3. The molecule has 3 aromatic rings. The number of fused-ring (bicyclic) bond motifs is 1. The van der Waals surface area contributed by atoms with Gasteiger partial charge in [-0.3, -0.25) is 9.59 Å². The molecule has 2 N–H and O–H groups in total. The SMILES string of the molecule is COCCN1C(=O)C(=O)/C(=C(/O)c2ccc(C)cc2)C1c1c(C)[nH]c2ccccc12. The predicted molar refractivity (Wildman–Crippen MR) is 115 cm³/mol. The maximum atomic E-state index is 13.1. The largest absolute Gasteiger partial charge is 0.507 e. The van der Waals surface area contributed by atoms with E-state index in [0.29, 0.717) is 5.56 Å². The van der Waals surface area contributed by atoms with Crippen LogP contribution in [0.5, 0.6) is 0 Å². The number of likely N-dealkylation sites (tertiary alicyclic amines) is 1. The number of nitrogens with zero attached hydrogens (tertiary/aromatic N) is 1. The van der Waals surface area contributed by atoms with E-state index in [-0.39, 0.29) is 24.5 Å². The normalized spacial score (nSPS) is 18.5. The number of aromatic nitrogens is 1. The van der Waals surface area contributed by atoms with Gasteiger partial charge in [-0.1, -0.05) is 48.0 Å². The van der Waals surface area contributed by atoms with Crippen molar-refractivity contribution in [1.29, 1.82) is 0 Å². The molecule has 0 bridgehead atoms. The molecule has 1 fully saturated rings. The van der Waals surface area contributed by atoms with Gasteiger partial charge in [0.15, 0.2) is 0 Å². The van der Waals surface area contributed by atoms with Gasteiger partial charge in [-0.05, 0) is 19.9 Å². The third-order valence-corrected chi connectivity index (χ3v) is 5.62. The van der Waals surface area contributed by atoms with Crippen molar-refractivity contribution in [3.63, 3.8) is 0 Å². The molecule has 6 heteroatoms. The number of H-pyrrole nitrogens is 1. The van der Waals surface area contributed by atoms with Gasteiger partial charge in [-0.2, -0.15) is 0 Å². The molecule has 0 aliphatic carbocycles. The lowest BCUT2D eigenvalue weighted by atomic mass is 9.93. The van der Waals surface area contributed by atoms with E-state index in [4.69, 9.17) is 4.74 Å². The summed E-state index contributed by atoms with van der Waals surface area (Å²) in [6.07, 6.45) is 0. The number of benzene rings is 2. The van der Waals surface area contributed by atoms with E-state index in [0.717, 1.165) is 27.7 Å². The number of hydrogen-bond acceptors (Lipinski definition) is 4. The van der Waals surface area contributed by atoms with Crippen LogP contribution >= 0.6 is 0 Å². The number of rotatable bonds is 5. The summed E-state index contributed by atoms with van der Waals surface area (Å²) in [5.74, 6) is -1.47. The molecule has 1 aliphatic rings. The Morgan fingerprint density at radius 3 is 2.50 bits per heavy atom. The Balaban J connectivity index is 1.96. The molecule has 154 valence electrons. The number of amides is 1. The van der Waals surface area contributed by atoms with Crippen LogP contribution in [-0.2, 0) is 14.3 Å². The van der Waals surface area contributed by atoms with Crippen molar-refractivity contribution in [3.8, 4) is 0 Å². The molecule has 2 aromatic carbocycles. The topological polar surface area (TPSA) is 82.6 Å². The van der Waals surface area contributed by atoms with Crippen LogP contribution in [0.25, 0.3) is 16.7 Å². The second-order valence-corrected chi connectivity index (χ2v) is 7.56. The summed E-state index contributed by atoms with van der Waals surface area (Å²) in [4.78, 5) is 30.8. The zero-order chi connectivity index (χ0) is 21.4. The van der Waals surface area contributed by atoms with Crippen molar-refractivity contribution >= 4 is 28.4 Å². The Bertz CT molecular complexity index is 1160. The molecule has 4 rings (SSSR count). The summed E-state index contributed by atoms with van der Waals surface area (Å²) >= 11 is 0. The van der Waals surface area contributed by atoms with Crippen molar-refractivity contribution in [2.45, 2.75) is 19.9 Å². The number of hydrogen-bond donors (Lipinski definition) is 2. The molecule has 2 heterocycles. The molecule has 6 nitrogen and oxygen atoms in total. The smallest absolute Gasteiger partial charge is 0.295 e. The van der Waals surface area contributed by atoms with E-state index >= 15 is 0 Å². The molecule has 1 aliphatic heterocycles. The number of ether oxygens (including phenoxy) is 1. The Labute approximate surface area is 174 Å². The Morgan fingerprint density at radius 2 is 1.80 bits per heavy atom. The molecule has 1 unspecified atom stereocenters. The molecule has 1 atom stereocenters. The maximum Gasteiger partial charge on any atom is 0.295 e. The van der Waals surface area contributed by atoms with Gasteiger partial charge in [0, 0.05) is 41.4 Å². The fraction of sp³-hybridized carbons (Fsp3) is 0.250. The lowest BCUT2D eigenvalue weighted by molar-refractivity contribution is -0.140. The third-order valence-electron chi connectivity index (χ3n) is 5.62. The van der Waals surface area contributed by atoms with Crippen molar-refractivity contribution in [2.75, 3.05) is 20.3 Å². The highest BCUT2D eigenvalue weighted by Crippen LogP contribution is 2.43. The van der Waals surface area contributed by atoms with Gasteiger partial charge in [-0.15, -0.1) is 0 Å². The first kappa shape index (κ1) is 19.9. The highest BCUT2D eigenvalue weighted by molar-refractivity contribution is 6.46. The van der Waals surface area contributed by atoms with Crippen LogP contribution in [-0.4, -0.2) is 46.9 Å². The van der Waals surface area contributed by atoms with Gasteiger partial charge < -0.3 is 19.7 Å². The zero-order valence-corrected chi connectivity index (χ0v) is 17.2. The van der Waals surface area contributed by atoms with Crippen molar-refractivity contribution < 1.29 is 19.4 Å². The molecular weight excluding hydrogens is 380 g/mol. The number of carbonyl (C=O) groups excluding carboxylic acids is 2. The van der Waals surface area contributed by atoms with E-state index in [2.05, 4.69) is 4.98 Å². The molecule has 1 amide bonds. The number of methoxy groups -OCH3 is 1. The van der Waals surface area contributed by atoms with E-state index in [9.17, 15) is 14.7 Å². The first-order valence-corrected chi connectivity index (χ1v) is 9.85. The van der Waals surface area contributed by atoms with Crippen molar-refractivity contribution in [1.82, 2.24) is 9.88 Å². The lowest BCUT2D eigenvalue weighted by Crippen LogP contribution is -2.32. The van der Waals surface area contributed by atoms with Crippen LogP contribution in [0.3, 0.4) is 0 Å². The monoisotopic (exact) mass is 404 g/mol. The molecule has 0 radical (unpaired) electrons. The maximum absolute atomic E-state index is 13.1. The van der Waals surface area contributed by atoms with Gasteiger partial charge in [0.25, 0.3) is 11.7 Å². The molecule has 0 spiro atoms. The lowest BCUT2D eigenvalue weighted by Gasteiger charge is -2.25. The first-order chi connectivity index (χ1) is 14.4. The Hall–Kier alpha value is -3.38. The second kappa shape index (κ2) is 7.80. The van der Waals surface area contributed by atoms with Crippen molar-refractivity contribution in [3.05, 3.63) is 76.5 Å². The van der Waals surface area contributed by atoms with E-state index in [1.165, 1.54) is 4.90 Å². The minimum absolute atomic E-state index is 0.104. The number of para-hydroxylation sites is 1. The summed E-state index contributed by atoms with van der Waals surface area (Å²) in [5, 5.41) is 12.0. The van der Waals surface area contributed by atoms with Crippen LogP contribution in [0.4, 0.5) is 0 Å². The second-order valence-electron chi connectivity index (χ2n) is 7.56. The van der Waals surface area contributed by atoms with Crippen LogP contribution in [0, 0.1) is 13.8 Å². The summed E-state index contributed by atoms with van der Waals surface area (Å²) in [7, 11) is 1.55. The third kappa shape index (κ3) is 3.19. The quantitative estimate of drug-likeness (QED) is 0.384. The molecular formula is C24H24N2O4. The summed E-state index contributed by atoms with van der Waals surface area (Å²) in [6.45, 7) is 4.39. The van der Waals surface area contributed by atoms with Gasteiger partial charge in [0.05, 0.1) is 18.2 Å². The molecule has 30 heavy (non-hydrogen) atoms. The minimum Gasteiger partial charge on any atom is -0.507 e. The first-order valence-electron chi connectivity index (χ1n) is 9.85. The Morgan fingerprint density at radius 1 is 1.10 bits per heavy atom. The summed E-state index contributed by atoms with van der Waals surface area (Å²) < 4.78 is 5.17. The number of carbonyl (C=O) groups is 2. The number of nitrogens with one attached hydrogen (secondary N) is 1. The molecule has 1 aromatic heterocycles. The fourth-order valence-corrected chi connectivity index (χ4v) is 4.12. The zero-order valence-electron chi connectivity index (χ0n) is 17.2. The van der Waals surface area contributed by atoms with Crippen LogP contribution in [0.15, 0.2) is 54.1 Å². The average Bonchev–Trinajstić information content (AvgIpc) is 3.19. The number of aliphatic hydroxyl groups is 1. The van der Waals surface area contributed by atoms with E-state index in [1.807, 2.05) is 50.2 Å².